The zero-order chi connectivity index (χ0) is 23.4. The lowest BCUT2D eigenvalue weighted by Gasteiger charge is -2.42. The molecule has 0 bridgehead atoms. The maximum atomic E-state index is 13.6. The van der Waals surface area contributed by atoms with Gasteiger partial charge < -0.3 is 10.2 Å². The third-order valence-corrected chi connectivity index (χ3v) is 6.34. The highest BCUT2D eigenvalue weighted by Gasteiger charge is 2.44. The molecule has 1 aliphatic heterocycles. The Hall–Kier alpha value is -3.48. The van der Waals surface area contributed by atoms with Crippen LogP contribution in [0.5, 0.6) is 0 Å². The quantitative estimate of drug-likeness (QED) is 0.604. The topological polar surface area (TPSA) is 91.0 Å². The third-order valence-electron chi connectivity index (χ3n) is 6.34. The Bertz CT molecular complexity index is 1120. The summed E-state index contributed by atoms with van der Waals surface area (Å²) in [6, 6.07) is 12.1. The summed E-state index contributed by atoms with van der Waals surface area (Å²) in [4.78, 5) is 33.0. The first-order chi connectivity index (χ1) is 15.9. The second kappa shape index (κ2) is 9.57. The number of pyridine rings is 1. The van der Waals surface area contributed by atoms with Gasteiger partial charge in [-0.15, -0.1) is 0 Å². The lowest BCUT2D eigenvalue weighted by molar-refractivity contribution is -0.134. The third kappa shape index (κ3) is 4.82. The van der Waals surface area contributed by atoms with Crippen molar-refractivity contribution < 1.29 is 9.59 Å². The van der Waals surface area contributed by atoms with Crippen LogP contribution >= 0.6 is 0 Å². The number of carbonyl (C=O) groups excluding carboxylic acids is 2. The van der Waals surface area contributed by atoms with Crippen LogP contribution in [0.25, 0.3) is 11.1 Å². The standard InChI is InChI=1S/C26H31N5O2/c1-18(2)29-25(33)26(11-7-13-31(17-26)24(32)23-16-28-30-19(23)3)14-20-8-4-5-10-22(20)21-9-6-12-27-15-21/h4-6,8-10,12,15-16,18H,7,11,13-14,17H2,1-3H3,(H,28,30)(H,29,33)/t26-/m0/s1. The first kappa shape index (κ1) is 22.7. The maximum absolute atomic E-state index is 13.6. The van der Waals surface area contributed by atoms with E-state index in [1.165, 1.54) is 0 Å². The molecule has 0 spiro atoms. The molecule has 1 atom stereocenters. The number of benzene rings is 1. The molecule has 0 aliphatic carbocycles. The lowest BCUT2D eigenvalue weighted by atomic mass is 9.73. The van der Waals surface area contributed by atoms with Crippen LogP contribution in [-0.4, -0.2) is 51.0 Å². The molecule has 7 heteroatoms. The zero-order valence-electron chi connectivity index (χ0n) is 19.5. The number of H-pyrrole nitrogens is 1. The fourth-order valence-electron chi connectivity index (χ4n) is 4.71. The number of rotatable bonds is 6. The van der Waals surface area contributed by atoms with Gasteiger partial charge in [0.25, 0.3) is 5.91 Å². The number of carbonyl (C=O) groups is 2. The molecule has 2 aromatic heterocycles. The average molecular weight is 446 g/mol. The van der Waals surface area contributed by atoms with E-state index in [0.29, 0.717) is 25.1 Å². The van der Waals surface area contributed by atoms with Gasteiger partial charge >= 0.3 is 0 Å². The largest absolute Gasteiger partial charge is 0.353 e. The number of hydrogen-bond acceptors (Lipinski definition) is 4. The monoisotopic (exact) mass is 445 g/mol. The highest BCUT2D eigenvalue weighted by atomic mass is 16.2. The lowest BCUT2D eigenvalue weighted by Crippen LogP contribution is -2.55. The van der Waals surface area contributed by atoms with Crippen molar-refractivity contribution in [1.29, 1.82) is 0 Å². The number of nitrogens with one attached hydrogen (secondary N) is 2. The molecule has 0 saturated carbocycles. The molecule has 172 valence electrons. The van der Waals surface area contributed by atoms with E-state index < -0.39 is 5.41 Å². The minimum Gasteiger partial charge on any atom is -0.353 e. The molecule has 2 amide bonds. The van der Waals surface area contributed by atoms with E-state index >= 15 is 0 Å². The molecule has 1 aromatic carbocycles. The first-order valence-electron chi connectivity index (χ1n) is 11.5. The Morgan fingerprint density at radius 3 is 2.70 bits per heavy atom. The molecule has 3 aromatic rings. The highest BCUT2D eigenvalue weighted by molar-refractivity contribution is 5.96. The Morgan fingerprint density at radius 1 is 1.18 bits per heavy atom. The molecular weight excluding hydrogens is 414 g/mol. The van der Waals surface area contributed by atoms with Gasteiger partial charge in [-0.1, -0.05) is 30.3 Å². The summed E-state index contributed by atoms with van der Waals surface area (Å²) in [6.45, 7) is 6.78. The fraction of sp³-hybridized carbons (Fsp3) is 0.385. The van der Waals surface area contributed by atoms with Gasteiger partial charge in [0.2, 0.25) is 5.91 Å². The molecule has 0 unspecified atom stereocenters. The number of likely N-dealkylation sites (tertiary alicyclic amines) is 1. The van der Waals surface area contributed by atoms with E-state index in [2.05, 4.69) is 32.6 Å². The van der Waals surface area contributed by atoms with Crippen LogP contribution < -0.4 is 5.32 Å². The number of aromatic amines is 1. The number of piperidine rings is 1. The van der Waals surface area contributed by atoms with Gasteiger partial charge in [-0.05, 0) is 57.2 Å². The fourth-order valence-corrected chi connectivity index (χ4v) is 4.71. The molecule has 2 N–H and O–H groups in total. The molecular formula is C26H31N5O2. The van der Waals surface area contributed by atoms with E-state index in [1.54, 1.807) is 12.4 Å². The molecule has 0 radical (unpaired) electrons. The first-order valence-corrected chi connectivity index (χ1v) is 11.5. The normalized spacial score (nSPS) is 18.4. The van der Waals surface area contributed by atoms with Gasteiger partial charge in [0.05, 0.1) is 17.2 Å². The van der Waals surface area contributed by atoms with Crippen molar-refractivity contribution in [3.63, 3.8) is 0 Å². The number of hydrogen-bond donors (Lipinski definition) is 2. The number of amides is 2. The second-order valence-electron chi connectivity index (χ2n) is 9.22. The Balaban J connectivity index is 1.70. The molecule has 33 heavy (non-hydrogen) atoms. The van der Waals surface area contributed by atoms with Crippen molar-refractivity contribution in [3.05, 3.63) is 71.8 Å². The molecule has 3 heterocycles. The van der Waals surface area contributed by atoms with E-state index in [4.69, 9.17) is 0 Å². The SMILES string of the molecule is Cc1[nH]ncc1C(=O)N1CCC[C@@](Cc2ccccc2-c2cccnc2)(C(=O)NC(C)C)C1. The van der Waals surface area contributed by atoms with Crippen LogP contribution in [-0.2, 0) is 11.2 Å². The number of aryl methyl sites for hydroxylation is 1. The summed E-state index contributed by atoms with van der Waals surface area (Å²) >= 11 is 0. The Kier molecular flexibility index (Phi) is 6.58. The summed E-state index contributed by atoms with van der Waals surface area (Å²) in [7, 11) is 0. The predicted molar refractivity (Wildman–Crippen MR) is 128 cm³/mol. The zero-order valence-corrected chi connectivity index (χ0v) is 19.5. The number of nitrogens with zero attached hydrogens (tertiary/aromatic N) is 3. The summed E-state index contributed by atoms with van der Waals surface area (Å²) in [5, 5.41) is 9.98. The predicted octanol–water partition coefficient (Wildman–Crippen LogP) is 3.77. The summed E-state index contributed by atoms with van der Waals surface area (Å²) in [5.41, 5.74) is 3.75. The molecule has 4 rings (SSSR count). The second-order valence-corrected chi connectivity index (χ2v) is 9.22. The van der Waals surface area contributed by atoms with Crippen LogP contribution in [0, 0.1) is 12.3 Å². The van der Waals surface area contributed by atoms with Crippen LogP contribution in [0.4, 0.5) is 0 Å². The summed E-state index contributed by atoms with van der Waals surface area (Å²) < 4.78 is 0. The number of aromatic nitrogens is 3. The van der Waals surface area contributed by atoms with Gasteiger partial charge in [0.1, 0.15) is 0 Å². The highest BCUT2D eigenvalue weighted by Crippen LogP contribution is 2.37. The molecule has 1 saturated heterocycles. The molecule has 7 nitrogen and oxygen atoms in total. The van der Waals surface area contributed by atoms with E-state index in [-0.39, 0.29) is 17.9 Å². The van der Waals surface area contributed by atoms with Crippen molar-refractivity contribution in [3.8, 4) is 11.1 Å². The van der Waals surface area contributed by atoms with Gasteiger partial charge in [-0.25, -0.2) is 0 Å². The van der Waals surface area contributed by atoms with Crippen molar-refractivity contribution >= 4 is 11.8 Å². The van der Waals surface area contributed by atoms with E-state index in [9.17, 15) is 9.59 Å². The van der Waals surface area contributed by atoms with E-state index in [1.807, 2.05) is 56.1 Å². The van der Waals surface area contributed by atoms with Gasteiger partial charge in [0.15, 0.2) is 0 Å². The van der Waals surface area contributed by atoms with Crippen LogP contribution in [0.1, 0.15) is 48.3 Å². The molecule has 1 aliphatic rings. The summed E-state index contributed by atoms with van der Waals surface area (Å²) in [6.07, 6.45) is 7.21. The van der Waals surface area contributed by atoms with Crippen molar-refractivity contribution in [1.82, 2.24) is 25.4 Å². The van der Waals surface area contributed by atoms with Crippen molar-refractivity contribution in [2.24, 2.45) is 5.41 Å². The summed E-state index contributed by atoms with van der Waals surface area (Å²) in [5.74, 6) is -0.0804. The Labute approximate surface area is 194 Å². The Morgan fingerprint density at radius 2 is 2.00 bits per heavy atom. The minimum atomic E-state index is -0.714. The van der Waals surface area contributed by atoms with Crippen LogP contribution in [0.2, 0.25) is 0 Å². The molecule has 1 fully saturated rings. The van der Waals surface area contributed by atoms with Gasteiger partial charge in [-0.3, -0.25) is 19.7 Å². The average Bonchev–Trinajstić information content (AvgIpc) is 3.25. The minimum absolute atomic E-state index is 0.0000877. The van der Waals surface area contributed by atoms with Crippen molar-refractivity contribution in [2.45, 2.75) is 46.1 Å². The van der Waals surface area contributed by atoms with Crippen molar-refractivity contribution in [2.75, 3.05) is 13.1 Å². The van der Waals surface area contributed by atoms with Gasteiger partial charge in [0, 0.05) is 42.8 Å². The van der Waals surface area contributed by atoms with E-state index in [0.717, 1.165) is 35.2 Å². The maximum Gasteiger partial charge on any atom is 0.257 e. The smallest absolute Gasteiger partial charge is 0.257 e. The van der Waals surface area contributed by atoms with Crippen LogP contribution in [0.15, 0.2) is 55.0 Å². The van der Waals surface area contributed by atoms with Crippen LogP contribution in [0.3, 0.4) is 0 Å². The van der Waals surface area contributed by atoms with Gasteiger partial charge in [-0.2, -0.15) is 5.10 Å².